The summed E-state index contributed by atoms with van der Waals surface area (Å²) in [6.45, 7) is 7.30. The Hall–Kier alpha value is -1.51. The molecule has 0 radical (unpaired) electrons. The number of rotatable bonds is 2. The van der Waals surface area contributed by atoms with Crippen LogP contribution < -0.4 is 5.73 Å². The maximum Gasteiger partial charge on any atom is 0.152 e. The van der Waals surface area contributed by atoms with Crippen LogP contribution in [0.3, 0.4) is 0 Å². The molecule has 0 bridgehead atoms. The number of amidine groups is 1. The molecule has 0 aliphatic heterocycles. The van der Waals surface area contributed by atoms with Crippen molar-refractivity contribution in [1.82, 2.24) is 0 Å². The van der Waals surface area contributed by atoms with E-state index in [0.717, 1.165) is 5.76 Å². The lowest BCUT2D eigenvalue weighted by Gasteiger charge is -1.94. The first-order valence-electron chi connectivity index (χ1n) is 3.66. The Kier molecular flexibility index (Phi) is 2.33. The van der Waals surface area contributed by atoms with Crippen molar-refractivity contribution in [2.24, 2.45) is 10.7 Å². The topological polar surface area (TPSA) is 51.5 Å². The number of aliphatic imine (C=N–C) groups is 1. The number of nitrogens with two attached hydrogens (primary N) is 1. The van der Waals surface area contributed by atoms with Gasteiger partial charge in [-0.3, -0.25) is 0 Å². The average Bonchev–Trinajstić information content (AvgIpc) is 2.34. The summed E-state index contributed by atoms with van der Waals surface area (Å²) in [6.07, 6.45) is 0. The largest absolute Gasteiger partial charge is 0.460 e. The Morgan fingerprint density at radius 2 is 2.25 bits per heavy atom. The van der Waals surface area contributed by atoms with E-state index >= 15 is 0 Å². The van der Waals surface area contributed by atoms with Gasteiger partial charge in [0.25, 0.3) is 0 Å². The van der Waals surface area contributed by atoms with E-state index in [1.165, 1.54) is 0 Å². The molecule has 0 aliphatic rings. The van der Waals surface area contributed by atoms with E-state index in [-0.39, 0.29) is 0 Å². The van der Waals surface area contributed by atoms with Crippen molar-refractivity contribution in [2.75, 3.05) is 0 Å². The number of furan rings is 1. The standard InChI is InChI=1S/C9H12N2O/c1-6-4-5-9(12-6)7(2)11-8(3)10/h4-5H,2H2,1,3H3,(H2,10,11). The molecule has 1 aromatic heterocycles. The zero-order valence-electron chi connectivity index (χ0n) is 7.29. The minimum atomic E-state index is 0.481. The van der Waals surface area contributed by atoms with Gasteiger partial charge in [-0.1, -0.05) is 6.58 Å². The highest BCUT2D eigenvalue weighted by atomic mass is 16.3. The van der Waals surface area contributed by atoms with Crippen LogP contribution >= 0.6 is 0 Å². The summed E-state index contributed by atoms with van der Waals surface area (Å²) in [4.78, 5) is 3.97. The van der Waals surface area contributed by atoms with Gasteiger partial charge >= 0.3 is 0 Å². The Labute approximate surface area is 71.6 Å². The van der Waals surface area contributed by atoms with Crippen molar-refractivity contribution < 1.29 is 4.42 Å². The average molecular weight is 164 g/mol. The lowest BCUT2D eigenvalue weighted by molar-refractivity contribution is 0.521. The van der Waals surface area contributed by atoms with Gasteiger partial charge in [0.2, 0.25) is 0 Å². The lowest BCUT2D eigenvalue weighted by Crippen LogP contribution is -2.04. The van der Waals surface area contributed by atoms with Crippen LogP contribution in [0, 0.1) is 6.92 Å². The van der Waals surface area contributed by atoms with Gasteiger partial charge < -0.3 is 10.2 Å². The second-order valence-corrected chi connectivity index (χ2v) is 2.61. The first-order chi connectivity index (χ1) is 5.59. The van der Waals surface area contributed by atoms with E-state index < -0.39 is 0 Å². The maximum atomic E-state index is 5.38. The van der Waals surface area contributed by atoms with Crippen LogP contribution in [0.15, 0.2) is 28.1 Å². The fourth-order valence-electron chi connectivity index (χ4n) is 0.858. The third kappa shape index (κ3) is 1.99. The maximum absolute atomic E-state index is 5.38. The van der Waals surface area contributed by atoms with Crippen LogP contribution in [-0.4, -0.2) is 5.84 Å². The molecule has 1 aromatic rings. The summed E-state index contributed by atoms with van der Waals surface area (Å²) in [5.41, 5.74) is 5.94. The van der Waals surface area contributed by atoms with Crippen LogP contribution in [0.4, 0.5) is 0 Å². The monoisotopic (exact) mass is 164 g/mol. The molecule has 0 aromatic carbocycles. The van der Waals surface area contributed by atoms with E-state index in [2.05, 4.69) is 11.6 Å². The van der Waals surface area contributed by atoms with Crippen molar-refractivity contribution in [3.63, 3.8) is 0 Å². The van der Waals surface area contributed by atoms with Crippen molar-refractivity contribution in [2.45, 2.75) is 13.8 Å². The van der Waals surface area contributed by atoms with Gasteiger partial charge in [0.1, 0.15) is 11.5 Å². The molecule has 3 nitrogen and oxygen atoms in total. The molecule has 1 rings (SSSR count). The molecule has 0 amide bonds. The molecule has 3 heteroatoms. The normalized spacial score (nSPS) is 11.7. The summed E-state index contributed by atoms with van der Waals surface area (Å²) in [6, 6.07) is 3.69. The molecule has 1 heterocycles. The second-order valence-electron chi connectivity index (χ2n) is 2.61. The Bertz CT molecular complexity index is 319. The van der Waals surface area contributed by atoms with E-state index in [9.17, 15) is 0 Å². The van der Waals surface area contributed by atoms with Gasteiger partial charge in [-0.05, 0) is 26.0 Å². The van der Waals surface area contributed by atoms with E-state index in [1.807, 2.05) is 19.1 Å². The summed E-state index contributed by atoms with van der Waals surface area (Å²) >= 11 is 0. The predicted molar refractivity (Wildman–Crippen MR) is 49.8 cm³/mol. The van der Waals surface area contributed by atoms with Crippen molar-refractivity contribution >= 4 is 11.5 Å². The van der Waals surface area contributed by atoms with Gasteiger partial charge in [-0.2, -0.15) is 0 Å². The fourth-order valence-corrected chi connectivity index (χ4v) is 0.858. The van der Waals surface area contributed by atoms with Gasteiger partial charge in [-0.15, -0.1) is 0 Å². The van der Waals surface area contributed by atoms with E-state index in [4.69, 9.17) is 10.2 Å². The molecule has 0 unspecified atom stereocenters. The van der Waals surface area contributed by atoms with Crippen LogP contribution in [0.1, 0.15) is 18.4 Å². The minimum Gasteiger partial charge on any atom is -0.460 e. The number of hydrogen-bond acceptors (Lipinski definition) is 2. The number of nitrogens with zero attached hydrogens (tertiary/aromatic N) is 1. The molecule has 0 spiro atoms. The second kappa shape index (κ2) is 3.26. The SMILES string of the molecule is C=C(/N=C(\C)N)c1ccc(C)o1. The van der Waals surface area contributed by atoms with Gasteiger partial charge in [0, 0.05) is 0 Å². The lowest BCUT2D eigenvalue weighted by atomic mass is 10.3. The van der Waals surface area contributed by atoms with Crippen molar-refractivity contribution in [1.29, 1.82) is 0 Å². The molecule has 0 saturated carbocycles. The van der Waals surface area contributed by atoms with Crippen LogP contribution in [0.2, 0.25) is 0 Å². The van der Waals surface area contributed by atoms with Gasteiger partial charge in [-0.25, -0.2) is 4.99 Å². The Morgan fingerprint density at radius 3 is 2.67 bits per heavy atom. The van der Waals surface area contributed by atoms with E-state index in [0.29, 0.717) is 17.3 Å². The third-order valence-corrected chi connectivity index (χ3v) is 1.34. The summed E-state index contributed by atoms with van der Waals surface area (Å²) in [5, 5.41) is 0. The molecule has 12 heavy (non-hydrogen) atoms. The Morgan fingerprint density at radius 1 is 1.58 bits per heavy atom. The first-order valence-corrected chi connectivity index (χ1v) is 3.66. The summed E-state index contributed by atoms with van der Waals surface area (Å²) < 4.78 is 5.28. The zero-order chi connectivity index (χ0) is 9.14. The highest BCUT2D eigenvalue weighted by molar-refractivity contribution is 5.83. The van der Waals surface area contributed by atoms with Gasteiger partial charge in [0.15, 0.2) is 5.76 Å². The highest BCUT2D eigenvalue weighted by Gasteiger charge is 2.01. The molecule has 0 fully saturated rings. The third-order valence-electron chi connectivity index (χ3n) is 1.34. The Balaban J connectivity index is 2.86. The molecular formula is C9H12N2O. The molecule has 0 saturated heterocycles. The minimum absolute atomic E-state index is 0.481. The van der Waals surface area contributed by atoms with Crippen LogP contribution in [-0.2, 0) is 0 Å². The molecule has 0 aliphatic carbocycles. The molecule has 2 N–H and O–H groups in total. The first kappa shape index (κ1) is 8.59. The quantitative estimate of drug-likeness (QED) is 0.536. The smallest absolute Gasteiger partial charge is 0.152 e. The van der Waals surface area contributed by atoms with Crippen LogP contribution in [0.25, 0.3) is 5.70 Å². The zero-order valence-corrected chi connectivity index (χ0v) is 7.29. The predicted octanol–water partition coefficient (Wildman–Crippen LogP) is 1.94. The molecule has 64 valence electrons. The van der Waals surface area contributed by atoms with Gasteiger partial charge in [0.05, 0.1) is 5.84 Å². The van der Waals surface area contributed by atoms with Crippen molar-refractivity contribution in [3.05, 3.63) is 30.2 Å². The van der Waals surface area contributed by atoms with E-state index in [1.54, 1.807) is 6.92 Å². The summed E-state index contributed by atoms with van der Waals surface area (Å²) in [7, 11) is 0. The molecule has 0 atom stereocenters. The number of hydrogen-bond donors (Lipinski definition) is 1. The van der Waals surface area contributed by atoms with Crippen molar-refractivity contribution in [3.8, 4) is 0 Å². The van der Waals surface area contributed by atoms with Crippen LogP contribution in [0.5, 0.6) is 0 Å². The number of aryl methyl sites for hydroxylation is 1. The molecular weight excluding hydrogens is 152 g/mol. The highest BCUT2D eigenvalue weighted by Crippen LogP contribution is 2.16. The fraction of sp³-hybridized carbons (Fsp3) is 0.222. The summed E-state index contributed by atoms with van der Waals surface area (Å²) in [5.74, 6) is 1.99.